The van der Waals surface area contributed by atoms with Gasteiger partial charge in [-0.2, -0.15) is 0 Å². The summed E-state index contributed by atoms with van der Waals surface area (Å²) in [6.45, 7) is 4.06. The molecule has 1 amide bonds. The van der Waals surface area contributed by atoms with Crippen LogP contribution in [0.5, 0.6) is 5.75 Å². The first-order chi connectivity index (χ1) is 12.7. The minimum absolute atomic E-state index is 0.182. The third kappa shape index (κ3) is 4.49. The van der Waals surface area contributed by atoms with Crippen molar-refractivity contribution in [2.75, 3.05) is 5.32 Å². The molecule has 3 rings (SSSR count). The highest BCUT2D eigenvalue weighted by molar-refractivity contribution is 7.14. The number of hydrogen-bond acceptors (Lipinski definition) is 4. The number of nitrogens with one attached hydrogen (secondary N) is 1. The molecule has 4 nitrogen and oxygen atoms in total. The average Bonchev–Trinajstić information content (AvgIpc) is 3.15. The van der Waals surface area contributed by atoms with Gasteiger partial charge in [0.2, 0.25) is 0 Å². The van der Waals surface area contributed by atoms with Gasteiger partial charge in [0.25, 0.3) is 5.91 Å². The van der Waals surface area contributed by atoms with Crippen LogP contribution in [0.4, 0.5) is 5.13 Å². The van der Waals surface area contributed by atoms with E-state index in [9.17, 15) is 4.79 Å². The van der Waals surface area contributed by atoms with Gasteiger partial charge in [0.05, 0.1) is 5.69 Å². The predicted octanol–water partition coefficient (Wildman–Crippen LogP) is 5.17. The van der Waals surface area contributed by atoms with Crippen molar-refractivity contribution >= 4 is 22.4 Å². The molecule has 26 heavy (non-hydrogen) atoms. The van der Waals surface area contributed by atoms with Gasteiger partial charge in [0, 0.05) is 10.9 Å². The van der Waals surface area contributed by atoms with Crippen molar-refractivity contribution in [3.8, 4) is 17.0 Å². The van der Waals surface area contributed by atoms with Crippen LogP contribution in [0.15, 0.2) is 60.0 Å². The zero-order chi connectivity index (χ0) is 18.4. The first-order valence-electron chi connectivity index (χ1n) is 8.77. The Morgan fingerprint density at radius 1 is 1.12 bits per heavy atom. The summed E-state index contributed by atoms with van der Waals surface area (Å²) in [5, 5.41) is 5.41. The molecule has 0 unspecified atom stereocenters. The zero-order valence-electron chi connectivity index (χ0n) is 14.9. The number of amides is 1. The molecule has 0 fully saturated rings. The molecule has 1 atom stereocenters. The fourth-order valence-corrected chi connectivity index (χ4v) is 3.27. The maximum absolute atomic E-state index is 12.5. The van der Waals surface area contributed by atoms with Gasteiger partial charge in [-0.25, -0.2) is 4.98 Å². The Labute approximate surface area is 157 Å². The molecule has 0 bridgehead atoms. The van der Waals surface area contributed by atoms with E-state index < -0.39 is 6.10 Å². The minimum atomic E-state index is -0.548. The monoisotopic (exact) mass is 366 g/mol. The Balaban J connectivity index is 1.66. The van der Waals surface area contributed by atoms with Gasteiger partial charge in [-0.1, -0.05) is 56.3 Å². The van der Waals surface area contributed by atoms with Crippen molar-refractivity contribution in [3.63, 3.8) is 0 Å². The molecule has 5 heteroatoms. The van der Waals surface area contributed by atoms with Crippen molar-refractivity contribution in [1.29, 1.82) is 0 Å². The highest BCUT2D eigenvalue weighted by Crippen LogP contribution is 2.25. The second-order valence-corrected chi connectivity index (χ2v) is 6.76. The third-order valence-corrected chi connectivity index (χ3v) is 4.83. The first-order valence-corrected chi connectivity index (χ1v) is 9.65. The van der Waals surface area contributed by atoms with Gasteiger partial charge in [0.1, 0.15) is 5.75 Å². The number of hydrogen-bond donors (Lipinski definition) is 1. The Morgan fingerprint density at radius 2 is 1.85 bits per heavy atom. The lowest BCUT2D eigenvalue weighted by Gasteiger charge is -2.16. The lowest BCUT2D eigenvalue weighted by molar-refractivity contribution is -0.122. The van der Waals surface area contributed by atoms with Crippen molar-refractivity contribution in [3.05, 3.63) is 65.5 Å². The number of nitrogens with zero attached hydrogens (tertiary/aromatic N) is 1. The third-order valence-electron chi connectivity index (χ3n) is 4.08. The van der Waals surface area contributed by atoms with Crippen LogP contribution in [0, 0.1) is 0 Å². The van der Waals surface area contributed by atoms with Crippen LogP contribution in [-0.4, -0.2) is 17.0 Å². The molecule has 0 aliphatic heterocycles. The predicted molar refractivity (Wildman–Crippen MR) is 107 cm³/mol. The number of thiazole rings is 1. The molecule has 0 radical (unpaired) electrons. The highest BCUT2D eigenvalue weighted by atomic mass is 32.1. The summed E-state index contributed by atoms with van der Waals surface area (Å²) in [5.74, 6) is 0.504. The van der Waals surface area contributed by atoms with E-state index >= 15 is 0 Å². The van der Waals surface area contributed by atoms with Gasteiger partial charge >= 0.3 is 0 Å². The highest BCUT2D eigenvalue weighted by Gasteiger charge is 2.19. The number of aromatic nitrogens is 1. The normalized spacial score (nSPS) is 11.8. The van der Waals surface area contributed by atoms with Crippen molar-refractivity contribution in [2.45, 2.75) is 32.8 Å². The zero-order valence-corrected chi connectivity index (χ0v) is 15.8. The Bertz CT molecular complexity index is 844. The number of benzene rings is 2. The number of aryl methyl sites for hydroxylation is 1. The Hall–Kier alpha value is -2.66. The number of carbonyl (C=O) groups is 1. The van der Waals surface area contributed by atoms with Crippen LogP contribution in [0.25, 0.3) is 11.3 Å². The van der Waals surface area contributed by atoms with Crippen LogP contribution in [0.3, 0.4) is 0 Å². The molecular weight excluding hydrogens is 344 g/mol. The van der Waals surface area contributed by atoms with E-state index in [1.807, 2.05) is 42.6 Å². The number of carbonyl (C=O) groups excluding carboxylic acids is 1. The van der Waals surface area contributed by atoms with Gasteiger partial charge in [-0.05, 0) is 30.5 Å². The second kappa shape index (κ2) is 8.63. The van der Waals surface area contributed by atoms with E-state index in [-0.39, 0.29) is 5.91 Å². The minimum Gasteiger partial charge on any atom is -0.481 e. The van der Waals surface area contributed by atoms with E-state index in [4.69, 9.17) is 4.74 Å². The Kier molecular flexibility index (Phi) is 6.02. The molecule has 0 saturated carbocycles. The molecule has 3 aromatic rings. The number of para-hydroxylation sites is 1. The molecule has 1 heterocycles. The largest absolute Gasteiger partial charge is 0.481 e. The topological polar surface area (TPSA) is 51.2 Å². The molecule has 1 N–H and O–H groups in total. The lowest BCUT2D eigenvalue weighted by Crippen LogP contribution is -2.32. The van der Waals surface area contributed by atoms with E-state index in [0.717, 1.165) is 17.7 Å². The van der Waals surface area contributed by atoms with Gasteiger partial charge < -0.3 is 4.74 Å². The summed E-state index contributed by atoms with van der Waals surface area (Å²) in [4.78, 5) is 17.0. The molecule has 1 aromatic heterocycles. The first kappa shape index (κ1) is 18.1. The van der Waals surface area contributed by atoms with E-state index in [1.54, 1.807) is 0 Å². The molecule has 0 spiro atoms. The average molecular weight is 366 g/mol. The maximum atomic E-state index is 12.5. The quantitative estimate of drug-likeness (QED) is 0.628. The summed E-state index contributed by atoms with van der Waals surface area (Å²) in [6.07, 6.45) is 1.05. The van der Waals surface area contributed by atoms with E-state index in [2.05, 4.69) is 41.5 Å². The molecule has 0 saturated heterocycles. The lowest BCUT2D eigenvalue weighted by atomic mass is 10.1. The molecular formula is C21H22N2O2S. The number of rotatable bonds is 7. The van der Waals surface area contributed by atoms with Crippen molar-refractivity contribution in [1.82, 2.24) is 4.98 Å². The summed E-state index contributed by atoms with van der Waals surface area (Å²) < 4.78 is 5.78. The SMILES string of the molecule is CCc1ccc(-c2csc(NC(=O)[C@@H](CC)Oc3ccccc3)n2)cc1. The molecule has 0 aliphatic carbocycles. The number of anilines is 1. The smallest absolute Gasteiger partial charge is 0.267 e. The van der Waals surface area contributed by atoms with Crippen LogP contribution >= 0.6 is 11.3 Å². The number of ether oxygens (including phenoxy) is 1. The van der Waals surface area contributed by atoms with Crippen molar-refractivity contribution in [2.24, 2.45) is 0 Å². The van der Waals surface area contributed by atoms with E-state index in [1.165, 1.54) is 16.9 Å². The molecule has 0 aliphatic rings. The van der Waals surface area contributed by atoms with Crippen LogP contribution in [0.2, 0.25) is 0 Å². The standard InChI is InChI=1S/C21H22N2O2S/c1-3-15-10-12-16(13-11-15)18-14-26-21(22-18)23-20(24)19(4-2)25-17-8-6-5-7-9-17/h5-14,19H,3-4H2,1-2H3,(H,22,23,24)/t19-/m1/s1. The van der Waals surface area contributed by atoms with Crippen LogP contribution in [0.1, 0.15) is 25.8 Å². The molecule has 134 valence electrons. The summed E-state index contributed by atoms with van der Waals surface area (Å²) in [7, 11) is 0. The fraction of sp³-hybridized carbons (Fsp3) is 0.238. The summed E-state index contributed by atoms with van der Waals surface area (Å²) >= 11 is 1.42. The summed E-state index contributed by atoms with van der Waals surface area (Å²) in [5.41, 5.74) is 3.21. The van der Waals surface area contributed by atoms with E-state index in [0.29, 0.717) is 17.3 Å². The van der Waals surface area contributed by atoms with Crippen LogP contribution < -0.4 is 10.1 Å². The fourth-order valence-electron chi connectivity index (χ4n) is 2.55. The van der Waals surface area contributed by atoms with Gasteiger partial charge in [0.15, 0.2) is 11.2 Å². The maximum Gasteiger partial charge on any atom is 0.267 e. The Morgan fingerprint density at radius 3 is 2.50 bits per heavy atom. The summed E-state index contributed by atoms with van der Waals surface area (Å²) in [6, 6.07) is 17.7. The second-order valence-electron chi connectivity index (χ2n) is 5.91. The molecule has 2 aromatic carbocycles. The van der Waals surface area contributed by atoms with Gasteiger partial charge in [-0.3, -0.25) is 10.1 Å². The van der Waals surface area contributed by atoms with Gasteiger partial charge in [-0.15, -0.1) is 11.3 Å². The van der Waals surface area contributed by atoms with Crippen molar-refractivity contribution < 1.29 is 9.53 Å². The van der Waals surface area contributed by atoms with Crippen LogP contribution in [-0.2, 0) is 11.2 Å².